The van der Waals surface area contributed by atoms with Crippen molar-refractivity contribution in [2.75, 3.05) is 54.4 Å². The molecule has 0 amide bonds. The molecule has 2 saturated heterocycles. The molecule has 6 heterocycles. The minimum absolute atomic E-state index is 0.0525. The number of fused-ring (bicyclic) bond motifs is 9. The summed E-state index contributed by atoms with van der Waals surface area (Å²) in [5.41, 5.74) is 0.940. The number of nitrogens with one attached hydrogen (secondary N) is 1. The van der Waals surface area contributed by atoms with Crippen molar-refractivity contribution in [2.45, 2.75) is 70.1 Å². The third-order valence-corrected chi connectivity index (χ3v) is 11.2. The average molecular weight is 648 g/mol. The van der Waals surface area contributed by atoms with Crippen molar-refractivity contribution in [2.24, 2.45) is 5.92 Å². The highest BCUT2D eigenvalue weighted by atomic mass is 32.2. The summed E-state index contributed by atoms with van der Waals surface area (Å²) >= 11 is 0. The van der Waals surface area contributed by atoms with Crippen molar-refractivity contribution in [3.05, 3.63) is 51.8 Å². The molecule has 10 nitrogen and oxygen atoms in total. The number of halogens is 3. The lowest BCUT2D eigenvalue weighted by Crippen LogP contribution is -2.43. The first-order chi connectivity index (χ1) is 21.5. The molecule has 2 atom stereocenters. The Balaban J connectivity index is 1.39. The normalized spacial score (nSPS) is 27.5. The zero-order chi connectivity index (χ0) is 31.8. The van der Waals surface area contributed by atoms with Gasteiger partial charge in [0, 0.05) is 37.7 Å². The summed E-state index contributed by atoms with van der Waals surface area (Å²) in [6.07, 6.45) is 1.83. The molecule has 2 aromatic heterocycles. The van der Waals surface area contributed by atoms with E-state index in [1.807, 2.05) is 11.8 Å². The topological polar surface area (TPSA) is 113 Å². The Morgan fingerprint density at radius 1 is 0.956 bits per heavy atom. The Kier molecular flexibility index (Phi) is 9.06. The largest absolute Gasteiger partial charge is 0.365 e. The molecular weight excluding hydrogens is 607 g/mol. The van der Waals surface area contributed by atoms with E-state index >= 15 is 8.78 Å². The minimum Gasteiger partial charge on any atom is -0.365 e. The van der Waals surface area contributed by atoms with Gasteiger partial charge in [0.05, 0.1) is 22.9 Å². The van der Waals surface area contributed by atoms with Gasteiger partial charge in [-0.2, -0.15) is 0 Å². The number of piperidine rings is 1. The van der Waals surface area contributed by atoms with Crippen LogP contribution in [0.5, 0.6) is 0 Å². The molecule has 0 spiro atoms. The van der Waals surface area contributed by atoms with Gasteiger partial charge in [0.1, 0.15) is 11.9 Å². The molecule has 244 valence electrons. The first-order valence-electron chi connectivity index (χ1n) is 15.9. The van der Waals surface area contributed by atoms with E-state index < -0.39 is 33.9 Å². The molecule has 4 aliphatic heterocycles. The van der Waals surface area contributed by atoms with Crippen molar-refractivity contribution in [1.82, 2.24) is 24.9 Å². The molecule has 0 radical (unpaired) electrons. The zero-order valence-electron chi connectivity index (χ0n) is 25.5. The van der Waals surface area contributed by atoms with Crippen LogP contribution in [0, 0.1) is 5.92 Å². The van der Waals surface area contributed by atoms with Gasteiger partial charge in [-0.3, -0.25) is 9.36 Å². The monoisotopic (exact) mass is 647 g/mol. The van der Waals surface area contributed by atoms with Crippen LogP contribution in [-0.2, 0) is 22.3 Å². The number of alkyl halides is 3. The van der Waals surface area contributed by atoms with Crippen molar-refractivity contribution in [3.8, 4) is 0 Å². The predicted molar refractivity (Wildman–Crippen MR) is 167 cm³/mol. The lowest BCUT2D eigenvalue weighted by atomic mass is 9.85. The third-order valence-electron chi connectivity index (χ3n) is 9.55. The van der Waals surface area contributed by atoms with Crippen LogP contribution in [-0.4, -0.2) is 83.7 Å². The maximum Gasteiger partial charge on any atom is 0.276 e. The van der Waals surface area contributed by atoms with Gasteiger partial charge in [-0.15, -0.1) is 10.2 Å². The van der Waals surface area contributed by atoms with E-state index in [0.717, 1.165) is 0 Å². The predicted octanol–water partition coefficient (Wildman–Crippen LogP) is 4.31. The molecule has 45 heavy (non-hydrogen) atoms. The third kappa shape index (κ3) is 6.81. The molecule has 1 aromatic carbocycles. The van der Waals surface area contributed by atoms with E-state index in [2.05, 4.69) is 20.7 Å². The fourth-order valence-electron chi connectivity index (χ4n) is 6.78. The smallest absolute Gasteiger partial charge is 0.276 e. The highest BCUT2D eigenvalue weighted by Crippen LogP contribution is 2.42. The summed E-state index contributed by atoms with van der Waals surface area (Å²) in [6, 6.07) is 7.62. The van der Waals surface area contributed by atoms with Gasteiger partial charge in [-0.05, 0) is 68.6 Å². The Morgan fingerprint density at radius 2 is 1.71 bits per heavy atom. The molecule has 4 aliphatic rings. The molecule has 2 fully saturated rings. The van der Waals surface area contributed by atoms with E-state index in [1.54, 1.807) is 27.7 Å². The fourth-order valence-corrected chi connectivity index (χ4v) is 7.98. The average Bonchev–Trinajstić information content (AvgIpc) is 3.02. The van der Waals surface area contributed by atoms with Crippen LogP contribution >= 0.6 is 0 Å². The number of benzene rings is 1. The van der Waals surface area contributed by atoms with E-state index in [-0.39, 0.29) is 42.3 Å². The summed E-state index contributed by atoms with van der Waals surface area (Å²) < 4.78 is 72.3. The van der Waals surface area contributed by atoms with E-state index in [4.69, 9.17) is 0 Å². The molecule has 1 unspecified atom stereocenters. The van der Waals surface area contributed by atoms with Gasteiger partial charge in [0.2, 0.25) is 0 Å². The van der Waals surface area contributed by atoms with Crippen molar-refractivity contribution in [3.63, 3.8) is 0 Å². The number of anilines is 2. The number of nitrogens with zero attached hydrogens (tertiary/aromatic N) is 6. The van der Waals surface area contributed by atoms with Crippen LogP contribution in [0.15, 0.2) is 35.1 Å². The SMILES string of the molecule is C[C@H]1Nc2nnnc3c2cc(N2CCS(=O)(=O)CC2)c(=O)n3CCCCCC(F)CN2CCC(CC2)C(F)(F)c2cccc1c2. The molecule has 0 aliphatic carbocycles. The summed E-state index contributed by atoms with van der Waals surface area (Å²) in [5, 5.41) is 16.2. The fraction of sp³-hybridized carbons (Fsp3) is 0.613. The molecule has 1 N–H and O–H groups in total. The van der Waals surface area contributed by atoms with Crippen molar-refractivity contribution < 1.29 is 21.6 Å². The van der Waals surface area contributed by atoms with E-state index in [1.165, 1.54) is 12.1 Å². The maximum atomic E-state index is 15.8. The second-order valence-corrected chi connectivity index (χ2v) is 14.9. The van der Waals surface area contributed by atoms with Crippen LogP contribution in [0.1, 0.15) is 62.6 Å². The Labute approximate surface area is 260 Å². The lowest BCUT2D eigenvalue weighted by molar-refractivity contribution is -0.0865. The number of pyridine rings is 1. The van der Waals surface area contributed by atoms with Crippen LogP contribution in [0.2, 0.25) is 0 Å². The quantitative estimate of drug-likeness (QED) is 0.413. The minimum atomic E-state index is -3.18. The molecule has 8 bridgehead atoms. The number of aromatic nitrogens is 4. The highest BCUT2D eigenvalue weighted by Gasteiger charge is 2.43. The first kappa shape index (κ1) is 31.7. The highest BCUT2D eigenvalue weighted by molar-refractivity contribution is 7.91. The van der Waals surface area contributed by atoms with Gasteiger partial charge in [-0.25, -0.2) is 21.6 Å². The summed E-state index contributed by atoms with van der Waals surface area (Å²) in [4.78, 5) is 17.6. The number of aryl methyl sites for hydroxylation is 1. The van der Waals surface area contributed by atoms with Gasteiger partial charge < -0.3 is 15.1 Å². The van der Waals surface area contributed by atoms with Gasteiger partial charge in [-0.1, -0.05) is 31.0 Å². The van der Waals surface area contributed by atoms with Crippen molar-refractivity contribution >= 4 is 32.4 Å². The van der Waals surface area contributed by atoms with Crippen LogP contribution < -0.4 is 15.8 Å². The maximum absolute atomic E-state index is 15.8. The van der Waals surface area contributed by atoms with Crippen LogP contribution in [0.3, 0.4) is 0 Å². The first-order valence-corrected chi connectivity index (χ1v) is 17.7. The molecule has 0 saturated carbocycles. The van der Waals surface area contributed by atoms with E-state index in [0.29, 0.717) is 86.3 Å². The summed E-state index contributed by atoms with van der Waals surface area (Å²) in [7, 11) is -3.18. The van der Waals surface area contributed by atoms with Crippen molar-refractivity contribution in [1.29, 1.82) is 0 Å². The molecule has 7 rings (SSSR count). The van der Waals surface area contributed by atoms with Gasteiger partial charge >= 0.3 is 0 Å². The standard InChI is InChI=1S/C31H40F3N7O3S/c1-21-22-6-5-7-24(18-22)31(33,34)23-9-12-39(13-10-23)20-25(32)8-3-2-4-11-41-29-26(28(35-21)36-38-37-29)19-27(30(41)42)40-14-16-45(43,44)17-15-40/h5-7,18-19,21,23,25H,2-4,8-17,20H2,1H3,(H,35,36,37)/t21-,25?/m1/s1. The number of rotatable bonds is 1. The zero-order valence-corrected chi connectivity index (χ0v) is 26.3. The Morgan fingerprint density at radius 3 is 2.47 bits per heavy atom. The molecule has 3 aromatic rings. The Bertz CT molecular complexity index is 1680. The van der Waals surface area contributed by atoms with Crippen LogP contribution in [0.25, 0.3) is 11.0 Å². The Hall–Kier alpha value is -3.26. The second kappa shape index (κ2) is 12.9. The number of hydrogen-bond acceptors (Lipinski definition) is 9. The number of hydrogen-bond donors (Lipinski definition) is 1. The second-order valence-electron chi connectivity index (χ2n) is 12.6. The van der Waals surface area contributed by atoms with Gasteiger partial charge in [0.15, 0.2) is 21.3 Å². The lowest BCUT2D eigenvalue weighted by Gasteiger charge is -2.36. The molecular formula is C31H40F3N7O3S. The van der Waals surface area contributed by atoms with Gasteiger partial charge in [0.25, 0.3) is 11.5 Å². The summed E-state index contributed by atoms with van der Waals surface area (Å²) in [6.45, 7) is 3.66. The molecule has 14 heteroatoms. The van der Waals surface area contributed by atoms with Crippen LogP contribution in [0.4, 0.5) is 24.7 Å². The van der Waals surface area contributed by atoms with E-state index in [9.17, 15) is 17.6 Å². The summed E-state index contributed by atoms with van der Waals surface area (Å²) in [5.74, 6) is -3.63. The number of sulfone groups is 1.